The molecule has 0 atom stereocenters. The van der Waals surface area contributed by atoms with Crippen LogP contribution in [0.25, 0.3) is 0 Å². The summed E-state index contributed by atoms with van der Waals surface area (Å²) in [5.41, 5.74) is 0.247. The van der Waals surface area contributed by atoms with Crippen LogP contribution < -0.4 is 10.1 Å². The molecule has 1 aliphatic heterocycles. The molecule has 2 rings (SSSR count). The van der Waals surface area contributed by atoms with Crippen molar-refractivity contribution >= 4 is 5.91 Å². The van der Waals surface area contributed by atoms with Gasteiger partial charge in [0, 0.05) is 6.54 Å². The highest BCUT2D eigenvalue weighted by Gasteiger charge is 2.13. The van der Waals surface area contributed by atoms with E-state index in [9.17, 15) is 9.18 Å². The first kappa shape index (κ1) is 16.7. The number of amides is 1. The Morgan fingerprint density at radius 1 is 1.27 bits per heavy atom. The third-order valence-corrected chi connectivity index (χ3v) is 4.04. The summed E-state index contributed by atoms with van der Waals surface area (Å²) in [6, 6.07) is 3.97. The van der Waals surface area contributed by atoms with Crippen LogP contribution in [0.4, 0.5) is 4.39 Å². The number of likely N-dealkylation sites (tertiary alicyclic amines) is 1. The summed E-state index contributed by atoms with van der Waals surface area (Å²) in [4.78, 5) is 14.6. The van der Waals surface area contributed by atoms with E-state index in [4.69, 9.17) is 4.74 Å². The van der Waals surface area contributed by atoms with Gasteiger partial charge in [-0.25, -0.2) is 4.39 Å². The van der Waals surface area contributed by atoms with Crippen LogP contribution in [0.5, 0.6) is 5.75 Å². The highest BCUT2D eigenvalue weighted by molar-refractivity contribution is 5.96. The number of hydrogen-bond acceptors (Lipinski definition) is 3. The SMILES string of the molecule is COc1ccc(F)cc1C(=O)NCCCN1CCCCCC1. The highest BCUT2D eigenvalue weighted by atomic mass is 19.1. The Balaban J connectivity index is 1.76. The number of benzene rings is 1. The number of nitrogens with zero attached hydrogens (tertiary/aromatic N) is 1. The lowest BCUT2D eigenvalue weighted by Gasteiger charge is -2.19. The molecule has 122 valence electrons. The fourth-order valence-electron chi connectivity index (χ4n) is 2.82. The molecule has 5 heteroatoms. The molecule has 1 saturated heterocycles. The molecule has 1 aromatic rings. The molecule has 1 amide bonds. The molecule has 1 N–H and O–H groups in total. The molecule has 0 saturated carbocycles. The first-order chi connectivity index (χ1) is 10.7. The smallest absolute Gasteiger partial charge is 0.255 e. The minimum atomic E-state index is -0.435. The van der Waals surface area contributed by atoms with Crippen LogP contribution in [0.3, 0.4) is 0 Å². The molecule has 1 aromatic carbocycles. The maximum Gasteiger partial charge on any atom is 0.255 e. The third kappa shape index (κ3) is 4.98. The van der Waals surface area contributed by atoms with Crippen molar-refractivity contribution < 1.29 is 13.9 Å². The first-order valence-corrected chi connectivity index (χ1v) is 8.05. The number of carbonyl (C=O) groups is 1. The second-order valence-corrected chi connectivity index (χ2v) is 5.71. The molecule has 4 nitrogen and oxygen atoms in total. The quantitative estimate of drug-likeness (QED) is 0.822. The topological polar surface area (TPSA) is 41.6 Å². The van der Waals surface area contributed by atoms with Gasteiger partial charge in [-0.2, -0.15) is 0 Å². The second-order valence-electron chi connectivity index (χ2n) is 5.71. The van der Waals surface area contributed by atoms with Crippen molar-refractivity contribution in [3.8, 4) is 5.75 Å². The van der Waals surface area contributed by atoms with Crippen LogP contribution in [0.2, 0.25) is 0 Å². The zero-order valence-electron chi connectivity index (χ0n) is 13.2. The van der Waals surface area contributed by atoms with E-state index in [1.54, 1.807) is 0 Å². The molecule has 0 aromatic heterocycles. The van der Waals surface area contributed by atoms with Gasteiger partial charge < -0.3 is 15.0 Å². The summed E-state index contributed by atoms with van der Waals surface area (Å²) < 4.78 is 18.4. The van der Waals surface area contributed by atoms with Gasteiger partial charge in [0.2, 0.25) is 0 Å². The van der Waals surface area contributed by atoms with E-state index in [-0.39, 0.29) is 11.5 Å². The number of hydrogen-bond donors (Lipinski definition) is 1. The van der Waals surface area contributed by atoms with Gasteiger partial charge in [-0.15, -0.1) is 0 Å². The maximum absolute atomic E-state index is 13.3. The van der Waals surface area contributed by atoms with Crippen molar-refractivity contribution in [2.24, 2.45) is 0 Å². The number of ether oxygens (including phenoxy) is 1. The summed E-state index contributed by atoms with van der Waals surface area (Å²) in [7, 11) is 1.48. The summed E-state index contributed by atoms with van der Waals surface area (Å²) >= 11 is 0. The minimum absolute atomic E-state index is 0.247. The largest absolute Gasteiger partial charge is 0.496 e. The second kappa shape index (κ2) is 8.73. The lowest BCUT2D eigenvalue weighted by molar-refractivity contribution is 0.0948. The maximum atomic E-state index is 13.3. The summed E-state index contributed by atoms with van der Waals surface area (Å²) in [5.74, 6) is -0.325. The molecule has 0 unspecified atom stereocenters. The number of halogens is 1. The van der Waals surface area contributed by atoms with Crippen LogP contribution in [0, 0.1) is 5.82 Å². The van der Waals surface area contributed by atoms with Crippen molar-refractivity contribution in [1.29, 1.82) is 0 Å². The lowest BCUT2D eigenvalue weighted by Crippen LogP contribution is -2.30. The Labute approximate surface area is 131 Å². The molecule has 0 bridgehead atoms. The zero-order valence-corrected chi connectivity index (χ0v) is 13.2. The van der Waals surface area contributed by atoms with Gasteiger partial charge in [-0.3, -0.25) is 4.79 Å². The normalized spacial score (nSPS) is 16.1. The molecule has 0 aliphatic carbocycles. The molecule has 1 heterocycles. The van der Waals surface area contributed by atoms with Crippen molar-refractivity contribution in [2.75, 3.05) is 33.3 Å². The van der Waals surface area contributed by atoms with Gasteiger partial charge in [0.1, 0.15) is 11.6 Å². The van der Waals surface area contributed by atoms with Crippen molar-refractivity contribution in [2.45, 2.75) is 32.1 Å². The van der Waals surface area contributed by atoms with E-state index in [0.717, 1.165) is 26.1 Å². The van der Waals surface area contributed by atoms with Gasteiger partial charge in [-0.1, -0.05) is 12.8 Å². The molecular formula is C17H25FN2O2. The van der Waals surface area contributed by atoms with Crippen LogP contribution in [-0.4, -0.2) is 44.1 Å². The fourth-order valence-corrected chi connectivity index (χ4v) is 2.82. The standard InChI is InChI=1S/C17H25FN2O2/c1-22-16-8-7-14(18)13-15(16)17(21)19-9-6-12-20-10-4-2-3-5-11-20/h7-8,13H,2-6,9-12H2,1H3,(H,19,21). The highest BCUT2D eigenvalue weighted by Crippen LogP contribution is 2.19. The third-order valence-electron chi connectivity index (χ3n) is 4.04. The van der Waals surface area contributed by atoms with E-state index in [2.05, 4.69) is 10.2 Å². The van der Waals surface area contributed by atoms with Crippen LogP contribution >= 0.6 is 0 Å². The average molecular weight is 308 g/mol. The fraction of sp³-hybridized carbons (Fsp3) is 0.588. The Hall–Kier alpha value is -1.62. The monoisotopic (exact) mass is 308 g/mol. The predicted octanol–water partition coefficient (Wildman–Crippen LogP) is 2.83. The van der Waals surface area contributed by atoms with Crippen molar-refractivity contribution in [3.05, 3.63) is 29.6 Å². The molecule has 1 aliphatic rings. The molecule has 0 radical (unpaired) electrons. The van der Waals surface area contributed by atoms with Gasteiger partial charge in [0.15, 0.2) is 0 Å². The first-order valence-electron chi connectivity index (χ1n) is 8.05. The Bertz CT molecular complexity index is 486. The minimum Gasteiger partial charge on any atom is -0.496 e. The number of methoxy groups -OCH3 is 1. The van der Waals surface area contributed by atoms with E-state index in [0.29, 0.717) is 12.3 Å². The lowest BCUT2D eigenvalue weighted by atomic mass is 10.2. The molecule has 0 spiro atoms. The van der Waals surface area contributed by atoms with E-state index >= 15 is 0 Å². The van der Waals surface area contributed by atoms with E-state index < -0.39 is 5.82 Å². The van der Waals surface area contributed by atoms with Crippen LogP contribution in [-0.2, 0) is 0 Å². The summed E-state index contributed by atoms with van der Waals surface area (Å²) in [6.07, 6.45) is 6.10. The van der Waals surface area contributed by atoms with Crippen molar-refractivity contribution in [3.63, 3.8) is 0 Å². The van der Waals surface area contributed by atoms with Crippen LogP contribution in [0.1, 0.15) is 42.5 Å². The zero-order chi connectivity index (χ0) is 15.8. The number of nitrogens with one attached hydrogen (secondary N) is 1. The molecule has 1 fully saturated rings. The van der Waals surface area contributed by atoms with Gasteiger partial charge in [0.05, 0.1) is 12.7 Å². The van der Waals surface area contributed by atoms with Crippen LogP contribution in [0.15, 0.2) is 18.2 Å². The van der Waals surface area contributed by atoms with Crippen molar-refractivity contribution in [1.82, 2.24) is 10.2 Å². The molecular weight excluding hydrogens is 283 g/mol. The summed E-state index contributed by atoms with van der Waals surface area (Å²) in [5, 5.41) is 2.84. The Morgan fingerprint density at radius 2 is 2.00 bits per heavy atom. The number of carbonyl (C=O) groups excluding carboxylic acids is 1. The van der Waals surface area contributed by atoms with E-state index in [1.165, 1.54) is 51.0 Å². The summed E-state index contributed by atoms with van der Waals surface area (Å²) in [6.45, 7) is 3.91. The van der Waals surface area contributed by atoms with E-state index in [1.807, 2.05) is 0 Å². The predicted molar refractivity (Wildman–Crippen MR) is 84.8 cm³/mol. The number of rotatable bonds is 6. The van der Waals surface area contributed by atoms with Gasteiger partial charge >= 0.3 is 0 Å². The Kier molecular flexibility index (Phi) is 6.65. The molecule has 22 heavy (non-hydrogen) atoms. The Morgan fingerprint density at radius 3 is 2.68 bits per heavy atom. The van der Waals surface area contributed by atoms with Gasteiger partial charge in [0.25, 0.3) is 5.91 Å². The average Bonchev–Trinajstić information content (AvgIpc) is 2.80. The van der Waals surface area contributed by atoms with Gasteiger partial charge in [-0.05, 0) is 57.1 Å².